The number of halogens is 3. The minimum atomic E-state index is -4.81. The van der Waals surface area contributed by atoms with E-state index in [1.54, 1.807) is 30.6 Å². The zero-order valence-electron chi connectivity index (χ0n) is 18.9. The Morgan fingerprint density at radius 1 is 1.08 bits per heavy atom. The van der Waals surface area contributed by atoms with Crippen molar-refractivity contribution in [1.29, 1.82) is 0 Å². The van der Waals surface area contributed by atoms with Crippen LogP contribution in [0.5, 0.6) is 5.75 Å². The molecule has 188 valence electrons. The molecule has 13 heteroatoms. The Morgan fingerprint density at radius 2 is 1.78 bits per heavy atom. The molecule has 0 saturated carbocycles. The second kappa shape index (κ2) is 10.4. The van der Waals surface area contributed by atoms with Gasteiger partial charge in [0.1, 0.15) is 16.7 Å². The van der Waals surface area contributed by atoms with Crippen molar-refractivity contribution in [3.05, 3.63) is 66.0 Å². The van der Waals surface area contributed by atoms with Crippen LogP contribution in [0.25, 0.3) is 11.0 Å². The number of carbonyl (C=O) groups is 2. The first-order valence-electron chi connectivity index (χ1n) is 10.7. The molecular weight excluding hydrogens is 499 g/mol. The molecule has 36 heavy (non-hydrogen) atoms. The van der Waals surface area contributed by atoms with E-state index in [4.69, 9.17) is 0 Å². The third-order valence-corrected chi connectivity index (χ3v) is 5.80. The average Bonchev–Trinajstić information content (AvgIpc) is 3.27. The number of benzene rings is 2. The number of fused-ring (bicyclic) bond motifs is 1. The lowest BCUT2D eigenvalue weighted by Gasteiger charge is -2.22. The number of carbonyl (C=O) groups excluding carboxylic acids is 2. The molecule has 2 atom stereocenters. The quantitative estimate of drug-likeness (QED) is 0.512. The van der Waals surface area contributed by atoms with Crippen LogP contribution < -0.4 is 9.46 Å². The number of hydrogen-bond donors (Lipinski definition) is 1. The highest BCUT2D eigenvalue weighted by molar-refractivity contribution is 7.82. The highest BCUT2D eigenvalue weighted by Crippen LogP contribution is 2.35. The molecule has 0 radical (unpaired) electrons. The number of nitrogens with one attached hydrogen (secondary N) is 1. The van der Waals surface area contributed by atoms with Gasteiger partial charge in [-0.05, 0) is 47.5 Å². The number of aromatic nitrogens is 2. The lowest BCUT2D eigenvalue weighted by atomic mass is 9.97. The lowest BCUT2D eigenvalue weighted by Crippen LogP contribution is -2.30. The molecule has 1 aliphatic rings. The number of amides is 2. The first kappa shape index (κ1) is 25.2. The molecular formula is C23H20F3N5O4S. The summed E-state index contributed by atoms with van der Waals surface area (Å²) < 4.78 is 54.8. The van der Waals surface area contributed by atoms with Crippen LogP contribution in [0.1, 0.15) is 36.4 Å². The maximum Gasteiger partial charge on any atom is 0.573 e. The first-order chi connectivity index (χ1) is 17.1. The second-order valence-electron chi connectivity index (χ2n) is 7.86. The maximum absolute atomic E-state index is 13.1. The Kier molecular flexibility index (Phi) is 7.29. The van der Waals surface area contributed by atoms with Crippen LogP contribution in [-0.4, -0.2) is 49.3 Å². The molecule has 2 aromatic carbocycles. The van der Waals surface area contributed by atoms with Crippen molar-refractivity contribution >= 4 is 39.5 Å². The predicted molar refractivity (Wildman–Crippen MR) is 125 cm³/mol. The summed E-state index contributed by atoms with van der Waals surface area (Å²) in [5.74, 6) is -1.35. The maximum atomic E-state index is 13.1. The fourth-order valence-electron chi connectivity index (χ4n) is 3.76. The number of nitrogens with zero attached hydrogens (tertiary/aromatic N) is 4. The van der Waals surface area contributed by atoms with Gasteiger partial charge in [0.25, 0.3) is 0 Å². The molecule has 0 spiro atoms. The van der Waals surface area contributed by atoms with Gasteiger partial charge in [0, 0.05) is 37.9 Å². The Balaban J connectivity index is 1.60. The molecule has 0 bridgehead atoms. The summed E-state index contributed by atoms with van der Waals surface area (Å²) in [6, 6.07) is 10.0. The summed E-state index contributed by atoms with van der Waals surface area (Å²) >= 11 is 0. The van der Waals surface area contributed by atoms with Crippen LogP contribution in [0.3, 0.4) is 0 Å². The first-order valence-corrected chi connectivity index (χ1v) is 12.2. The summed E-state index contributed by atoms with van der Waals surface area (Å²) in [7, 11) is -1.55. The van der Waals surface area contributed by atoms with Gasteiger partial charge in [-0.15, -0.1) is 13.2 Å². The summed E-state index contributed by atoms with van der Waals surface area (Å²) in [6.45, 7) is 0. The smallest absolute Gasteiger partial charge is 0.406 e. The van der Waals surface area contributed by atoms with E-state index in [-0.39, 0.29) is 25.0 Å². The van der Waals surface area contributed by atoms with Gasteiger partial charge >= 0.3 is 6.36 Å². The summed E-state index contributed by atoms with van der Waals surface area (Å²) in [5.41, 5.74) is 3.01. The number of rotatable bonds is 7. The number of hydrazone groups is 1. The van der Waals surface area contributed by atoms with E-state index in [0.29, 0.717) is 22.3 Å². The van der Waals surface area contributed by atoms with Gasteiger partial charge in [-0.2, -0.15) is 5.10 Å². The Morgan fingerprint density at radius 3 is 2.44 bits per heavy atom. The monoisotopic (exact) mass is 519 g/mol. The zero-order valence-corrected chi connectivity index (χ0v) is 19.7. The van der Waals surface area contributed by atoms with Crippen molar-refractivity contribution in [2.45, 2.75) is 31.7 Å². The highest BCUT2D eigenvalue weighted by Gasteiger charge is 2.34. The molecule has 1 N–H and O–H groups in total. The minimum Gasteiger partial charge on any atom is -0.406 e. The third kappa shape index (κ3) is 6.22. The number of alkyl halides is 3. The summed E-state index contributed by atoms with van der Waals surface area (Å²) in [6.07, 6.45) is -0.470. The SMILES string of the molecule is CS(=O)NC(=O)CCC(=O)N1N=C(c2ccc(OC(F)(F)F)cc2)CC1c1ccc2nccnc2c1. The molecule has 1 aliphatic heterocycles. The van der Waals surface area contributed by atoms with Crippen molar-refractivity contribution in [3.8, 4) is 5.75 Å². The number of hydrogen-bond acceptors (Lipinski definition) is 7. The third-order valence-electron chi connectivity index (χ3n) is 5.29. The topological polar surface area (TPSA) is 114 Å². The van der Waals surface area contributed by atoms with Crippen molar-refractivity contribution in [2.24, 2.45) is 5.10 Å². The summed E-state index contributed by atoms with van der Waals surface area (Å²) in [5, 5.41) is 5.72. The molecule has 9 nitrogen and oxygen atoms in total. The van der Waals surface area contributed by atoms with Crippen LogP contribution in [0, 0.1) is 0 Å². The van der Waals surface area contributed by atoms with Gasteiger partial charge in [-0.3, -0.25) is 24.3 Å². The van der Waals surface area contributed by atoms with Crippen molar-refractivity contribution in [2.75, 3.05) is 6.26 Å². The van der Waals surface area contributed by atoms with E-state index < -0.39 is 35.2 Å². The van der Waals surface area contributed by atoms with Crippen molar-refractivity contribution in [1.82, 2.24) is 19.7 Å². The standard InChI is InChI=1S/C23H20F3N5O4S/c1-36(34)30-21(32)8-9-22(33)31-20(15-4-7-17-19(12-15)28-11-10-27-17)13-18(29-31)14-2-5-16(6-3-14)35-23(24,25)26/h2-7,10-12,20H,8-9,13H2,1H3,(H,30,32). The van der Waals surface area contributed by atoms with Gasteiger partial charge in [-0.25, -0.2) is 9.22 Å². The molecule has 2 amide bonds. The van der Waals surface area contributed by atoms with Gasteiger partial charge < -0.3 is 4.74 Å². The molecule has 4 rings (SSSR count). The van der Waals surface area contributed by atoms with Gasteiger partial charge in [0.05, 0.1) is 22.8 Å². The van der Waals surface area contributed by atoms with Gasteiger partial charge in [0.15, 0.2) is 0 Å². The number of ether oxygens (including phenoxy) is 1. The Bertz CT molecular complexity index is 1350. The molecule has 2 unspecified atom stereocenters. The second-order valence-corrected chi connectivity index (χ2v) is 8.97. The van der Waals surface area contributed by atoms with Gasteiger partial charge in [0.2, 0.25) is 11.8 Å². The zero-order chi connectivity index (χ0) is 25.9. The largest absolute Gasteiger partial charge is 0.573 e. The van der Waals surface area contributed by atoms with Crippen LogP contribution >= 0.6 is 0 Å². The minimum absolute atomic E-state index is 0.179. The Hall–Kier alpha value is -3.87. The van der Waals surface area contributed by atoms with E-state index in [0.717, 1.165) is 5.56 Å². The lowest BCUT2D eigenvalue weighted by molar-refractivity contribution is -0.274. The van der Waals surface area contributed by atoms with Crippen LogP contribution in [0.15, 0.2) is 60.0 Å². The van der Waals surface area contributed by atoms with Crippen LogP contribution in [0.4, 0.5) is 13.2 Å². The van der Waals surface area contributed by atoms with E-state index in [1.165, 1.54) is 35.5 Å². The normalized spacial score (nSPS) is 16.5. The highest BCUT2D eigenvalue weighted by atomic mass is 32.2. The Labute approximate surface area is 206 Å². The molecule has 3 aromatic rings. The fourth-order valence-corrected chi connectivity index (χ4v) is 4.18. The van der Waals surface area contributed by atoms with E-state index >= 15 is 0 Å². The average molecular weight is 520 g/mol. The fraction of sp³-hybridized carbons (Fsp3) is 0.261. The molecule has 0 aliphatic carbocycles. The van der Waals surface area contributed by atoms with Crippen LogP contribution in [0.2, 0.25) is 0 Å². The van der Waals surface area contributed by atoms with Gasteiger partial charge in [-0.1, -0.05) is 6.07 Å². The molecule has 0 saturated heterocycles. The molecule has 0 fully saturated rings. The van der Waals surface area contributed by atoms with Crippen molar-refractivity contribution < 1.29 is 31.7 Å². The van der Waals surface area contributed by atoms with E-state index in [1.807, 2.05) is 0 Å². The predicted octanol–water partition coefficient (Wildman–Crippen LogP) is 3.40. The van der Waals surface area contributed by atoms with E-state index in [2.05, 4.69) is 24.5 Å². The summed E-state index contributed by atoms with van der Waals surface area (Å²) in [4.78, 5) is 33.5. The van der Waals surface area contributed by atoms with Crippen LogP contribution in [-0.2, 0) is 20.6 Å². The molecule has 1 aromatic heterocycles. The van der Waals surface area contributed by atoms with E-state index in [9.17, 15) is 27.0 Å². The molecule has 2 heterocycles. The van der Waals surface area contributed by atoms with Crippen molar-refractivity contribution in [3.63, 3.8) is 0 Å².